The van der Waals surface area contributed by atoms with E-state index in [2.05, 4.69) is 49.2 Å². The van der Waals surface area contributed by atoms with Crippen LogP contribution in [0.1, 0.15) is 30.5 Å². The number of amides is 1. The molecule has 1 N–H and O–H groups in total. The molecule has 0 spiro atoms. The van der Waals surface area contributed by atoms with Crippen LogP contribution in [-0.2, 0) is 10.2 Å². The number of benzene rings is 2. The molecule has 0 bridgehead atoms. The molecule has 2 heterocycles. The molecular weight excluding hydrogens is 367 g/mol. The average molecular weight is 387 g/mol. The summed E-state index contributed by atoms with van der Waals surface area (Å²) in [6, 6.07) is 12.0. The monoisotopic (exact) mass is 386 g/mol. The van der Waals surface area contributed by atoms with Crippen molar-refractivity contribution in [1.29, 1.82) is 0 Å². The Labute approximate surface area is 163 Å². The Hall–Kier alpha value is -1.97. The second-order valence-electron chi connectivity index (χ2n) is 7.52. The fourth-order valence-corrected chi connectivity index (χ4v) is 4.52. The number of carbonyl (C=O) groups is 1. The SMILES string of the molecule is Cc1ccc2c(c1)C(C)(C)C1(C=Cc3cccc(Cl)c3Cl)NC(=O)CN21. The lowest BCUT2D eigenvalue weighted by atomic mass is 9.75. The summed E-state index contributed by atoms with van der Waals surface area (Å²) in [5.41, 5.74) is 3.44. The molecule has 4 rings (SSSR count). The molecule has 1 amide bonds. The number of rotatable bonds is 2. The molecule has 0 radical (unpaired) electrons. The lowest BCUT2D eigenvalue weighted by Gasteiger charge is -2.40. The highest BCUT2D eigenvalue weighted by Gasteiger charge is 2.59. The summed E-state index contributed by atoms with van der Waals surface area (Å²) in [5.74, 6) is 0.0196. The summed E-state index contributed by atoms with van der Waals surface area (Å²) < 4.78 is 0. The lowest BCUT2D eigenvalue weighted by Crippen LogP contribution is -2.58. The zero-order chi connectivity index (χ0) is 18.7. The van der Waals surface area contributed by atoms with Gasteiger partial charge in [0.25, 0.3) is 0 Å². The fraction of sp³-hybridized carbons (Fsp3) is 0.286. The zero-order valence-electron chi connectivity index (χ0n) is 14.9. The topological polar surface area (TPSA) is 32.3 Å². The van der Waals surface area contributed by atoms with E-state index in [1.54, 1.807) is 6.07 Å². The van der Waals surface area contributed by atoms with Crippen LogP contribution in [-0.4, -0.2) is 18.1 Å². The summed E-state index contributed by atoms with van der Waals surface area (Å²) >= 11 is 12.5. The minimum absolute atomic E-state index is 0.0196. The van der Waals surface area contributed by atoms with Crippen molar-refractivity contribution in [3.8, 4) is 0 Å². The maximum atomic E-state index is 12.3. The Morgan fingerprint density at radius 3 is 2.73 bits per heavy atom. The van der Waals surface area contributed by atoms with E-state index in [0.717, 1.165) is 11.3 Å². The van der Waals surface area contributed by atoms with Crippen LogP contribution in [0.4, 0.5) is 5.69 Å². The van der Waals surface area contributed by atoms with E-state index in [4.69, 9.17) is 23.2 Å². The molecule has 2 aliphatic rings. The van der Waals surface area contributed by atoms with Gasteiger partial charge in [-0.2, -0.15) is 0 Å². The van der Waals surface area contributed by atoms with Crippen LogP contribution < -0.4 is 10.2 Å². The first-order chi connectivity index (χ1) is 12.3. The molecule has 0 saturated carbocycles. The van der Waals surface area contributed by atoms with E-state index in [9.17, 15) is 4.79 Å². The van der Waals surface area contributed by atoms with Crippen LogP contribution in [0.3, 0.4) is 0 Å². The van der Waals surface area contributed by atoms with Crippen LogP contribution in [0.2, 0.25) is 10.0 Å². The molecule has 2 aliphatic heterocycles. The van der Waals surface area contributed by atoms with Gasteiger partial charge in [0.05, 0.1) is 16.6 Å². The summed E-state index contributed by atoms with van der Waals surface area (Å²) in [5, 5.41) is 4.25. The molecule has 1 fully saturated rings. The maximum absolute atomic E-state index is 12.3. The third kappa shape index (κ3) is 2.30. The van der Waals surface area contributed by atoms with E-state index in [0.29, 0.717) is 16.6 Å². The number of hydrogen-bond acceptors (Lipinski definition) is 2. The van der Waals surface area contributed by atoms with E-state index in [-0.39, 0.29) is 11.3 Å². The van der Waals surface area contributed by atoms with E-state index in [1.807, 2.05) is 24.3 Å². The summed E-state index contributed by atoms with van der Waals surface area (Å²) in [7, 11) is 0. The van der Waals surface area contributed by atoms with Crippen molar-refractivity contribution in [3.63, 3.8) is 0 Å². The average Bonchev–Trinajstić information content (AvgIpc) is 3.01. The number of fused-ring (bicyclic) bond motifs is 3. The molecule has 3 nitrogen and oxygen atoms in total. The van der Waals surface area contributed by atoms with Crippen LogP contribution >= 0.6 is 23.2 Å². The highest BCUT2D eigenvalue weighted by molar-refractivity contribution is 6.42. The molecule has 1 saturated heterocycles. The molecular formula is C21H20Cl2N2O. The number of anilines is 1. The normalized spacial score (nSPS) is 23.3. The molecule has 1 unspecified atom stereocenters. The van der Waals surface area contributed by atoms with E-state index >= 15 is 0 Å². The van der Waals surface area contributed by atoms with Crippen molar-refractivity contribution >= 4 is 40.9 Å². The van der Waals surface area contributed by atoms with Crippen LogP contribution in [0.15, 0.2) is 42.5 Å². The van der Waals surface area contributed by atoms with Crippen molar-refractivity contribution < 1.29 is 4.79 Å². The quantitative estimate of drug-likeness (QED) is 0.792. The summed E-state index contributed by atoms with van der Waals surface area (Å²) in [6.07, 6.45) is 4.00. The lowest BCUT2D eigenvalue weighted by molar-refractivity contribution is -0.118. The van der Waals surface area contributed by atoms with Gasteiger partial charge in [-0.3, -0.25) is 4.79 Å². The summed E-state index contributed by atoms with van der Waals surface area (Å²) in [6.45, 7) is 6.77. The van der Waals surface area contributed by atoms with Crippen molar-refractivity contribution in [2.24, 2.45) is 0 Å². The van der Waals surface area contributed by atoms with Crippen molar-refractivity contribution in [2.75, 3.05) is 11.4 Å². The van der Waals surface area contributed by atoms with Gasteiger partial charge in [0.2, 0.25) is 5.91 Å². The highest BCUT2D eigenvalue weighted by atomic mass is 35.5. The van der Waals surface area contributed by atoms with Gasteiger partial charge in [-0.05, 0) is 36.3 Å². The van der Waals surface area contributed by atoms with Crippen LogP contribution in [0, 0.1) is 6.92 Å². The van der Waals surface area contributed by atoms with Gasteiger partial charge < -0.3 is 10.2 Å². The predicted molar refractivity (Wildman–Crippen MR) is 108 cm³/mol. The number of nitrogens with one attached hydrogen (secondary N) is 1. The van der Waals surface area contributed by atoms with E-state index in [1.165, 1.54) is 11.1 Å². The third-order valence-corrected chi connectivity index (χ3v) is 6.45. The number of hydrogen-bond donors (Lipinski definition) is 1. The van der Waals surface area contributed by atoms with Crippen LogP contribution in [0.5, 0.6) is 0 Å². The fourth-order valence-electron chi connectivity index (χ4n) is 4.15. The highest BCUT2D eigenvalue weighted by Crippen LogP contribution is 2.53. The third-order valence-electron chi connectivity index (χ3n) is 5.61. The molecule has 26 heavy (non-hydrogen) atoms. The molecule has 0 aromatic heterocycles. The first-order valence-corrected chi connectivity index (χ1v) is 9.35. The summed E-state index contributed by atoms with van der Waals surface area (Å²) in [4.78, 5) is 14.5. The minimum atomic E-state index is -0.633. The van der Waals surface area contributed by atoms with Crippen molar-refractivity contribution in [1.82, 2.24) is 5.32 Å². The molecule has 2 aromatic carbocycles. The van der Waals surface area contributed by atoms with Gasteiger partial charge in [-0.1, -0.05) is 73.0 Å². The van der Waals surface area contributed by atoms with Gasteiger partial charge in [-0.15, -0.1) is 0 Å². The molecule has 5 heteroatoms. The number of halogens is 2. The van der Waals surface area contributed by atoms with Crippen molar-refractivity contribution in [3.05, 3.63) is 69.2 Å². The second kappa shape index (κ2) is 5.77. The number of carbonyl (C=O) groups excluding carboxylic acids is 1. The Kier molecular flexibility index (Phi) is 3.87. The molecule has 2 aromatic rings. The minimum Gasteiger partial charge on any atom is -0.335 e. The Balaban J connectivity index is 1.86. The van der Waals surface area contributed by atoms with Gasteiger partial charge in [0.15, 0.2) is 0 Å². The molecule has 1 atom stereocenters. The van der Waals surface area contributed by atoms with Gasteiger partial charge in [0.1, 0.15) is 5.66 Å². The van der Waals surface area contributed by atoms with Crippen LogP contribution in [0.25, 0.3) is 6.08 Å². The standard InChI is InChI=1S/C21H20Cl2N2O/c1-13-7-8-17-15(11-13)20(2,3)21(24-18(26)12-25(17)21)10-9-14-5-4-6-16(22)19(14)23/h4-11H,12H2,1-3H3,(H,24,26). The second-order valence-corrected chi connectivity index (χ2v) is 8.31. The Bertz CT molecular complexity index is 951. The van der Waals surface area contributed by atoms with Crippen molar-refractivity contribution in [2.45, 2.75) is 31.8 Å². The molecule has 0 aliphatic carbocycles. The first kappa shape index (κ1) is 17.4. The van der Waals surface area contributed by atoms with E-state index < -0.39 is 5.66 Å². The van der Waals surface area contributed by atoms with Gasteiger partial charge in [-0.25, -0.2) is 0 Å². The smallest absolute Gasteiger partial charge is 0.241 e. The first-order valence-electron chi connectivity index (χ1n) is 8.59. The Morgan fingerprint density at radius 1 is 1.19 bits per heavy atom. The zero-order valence-corrected chi connectivity index (χ0v) is 16.4. The van der Waals surface area contributed by atoms with Gasteiger partial charge >= 0.3 is 0 Å². The number of aryl methyl sites for hydroxylation is 1. The predicted octanol–water partition coefficient (Wildman–Crippen LogP) is 4.94. The largest absolute Gasteiger partial charge is 0.335 e. The molecule has 134 valence electrons. The number of nitrogens with zero attached hydrogens (tertiary/aromatic N) is 1. The van der Waals surface area contributed by atoms with Gasteiger partial charge in [0, 0.05) is 11.1 Å². The maximum Gasteiger partial charge on any atom is 0.241 e. The Morgan fingerprint density at radius 2 is 1.96 bits per heavy atom.